The fourth-order valence-electron chi connectivity index (χ4n) is 2.11. The summed E-state index contributed by atoms with van der Waals surface area (Å²) in [5.41, 5.74) is 0.983. The third kappa shape index (κ3) is 3.38. The number of rotatable bonds is 3. The van der Waals surface area contributed by atoms with Gasteiger partial charge in [-0.25, -0.2) is 9.97 Å². The smallest absolute Gasteiger partial charge is 0.144 e. The molecule has 1 aliphatic heterocycles. The van der Waals surface area contributed by atoms with Crippen LogP contribution in [0.3, 0.4) is 0 Å². The van der Waals surface area contributed by atoms with Gasteiger partial charge < -0.3 is 10.4 Å². The molecule has 0 spiro atoms. The fraction of sp³-hybridized carbons (Fsp3) is 0.667. The summed E-state index contributed by atoms with van der Waals surface area (Å²) >= 11 is 0. The minimum atomic E-state index is -0.127. The van der Waals surface area contributed by atoms with E-state index >= 15 is 0 Å². The third-order valence-corrected chi connectivity index (χ3v) is 3.08. The number of likely N-dealkylation sites (tertiary alicyclic amines) is 1. The van der Waals surface area contributed by atoms with Gasteiger partial charge in [-0.1, -0.05) is 0 Å². The molecule has 0 radical (unpaired) electrons. The van der Waals surface area contributed by atoms with E-state index in [0.29, 0.717) is 0 Å². The molecule has 2 heterocycles. The van der Waals surface area contributed by atoms with Crippen molar-refractivity contribution in [3.8, 4) is 0 Å². The monoisotopic (exact) mass is 236 g/mol. The van der Waals surface area contributed by atoms with Crippen molar-refractivity contribution in [3.63, 3.8) is 0 Å². The number of piperidine rings is 1. The molecule has 0 amide bonds. The number of nitrogens with one attached hydrogen (secondary N) is 1. The van der Waals surface area contributed by atoms with Crippen molar-refractivity contribution in [2.24, 2.45) is 0 Å². The van der Waals surface area contributed by atoms with Crippen molar-refractivity contribution in [1.82, 2.24) is 14.9 Å². The Labute approximate surface area is 102 Å². The maximum absolute atomic E-state index is 9.45. The molecule has 2 N–H and O–H groups in total. The van der Waals surface area contributed by atoms with Crippen molar-refractivity contribution < 1.29 is 5.11 Å². The minimum absolute atomic E-state index is 0.127. The van der Waals surface area contributed by atoms with E-state index in [1.54, 1.807) is 0 Å². The minimum Gasteiger partial charge on any atom is -0.393 e. The van der Waals surface area contributed by atoms with Crippen LogP contribution in [-0.4, -0.2) is 46.2 Å². The van der Waals surface area contributed by atoms with Crippen LogP contribution in [0.25, 0.3) is 0 Å². The van der Waals surface area contributed by atoms with Crippen molar-refractivity contribution in [2.45, 2.75) is 32.4 Å². The number of hydrogen-bond acceptors (Lipinski definition) is 5. The van der Waals surface area contributed by atoms with Crippen LogP contribution >= 0.6 is 0 Å². The molecule has 1 fully saturated rings. The summed E-state index contributed by atoms with van der Waals surface area (Å²) in [5.74, 6) is 1.72. The van der Waals surface area contributed by atoms with Gasteiger partial charge in [0.05, 0.1) is 12.6 Å². The quantitative estimate of drug-likeness (QED) is 0.812. The second-order valence-corrected chi connectivity index (χ2v) is 4.57. The summed E-state index contributed by atoms with van der Waals surface area (Å²) in [7, 11) is 1.86. The molecule has 1 aromatic heterocycles. The summed E-state index contributed by atoms with van der Waals surface area (Å²) in [6, 6.07) is 1.93. The molecule has 5 heteroatoms. The van der Waals surface area contributed by atoms with Crippen molar-refractivity contribution in [1.29, 1.82) is 0 Å². The normalized spacial score (nSPS) is 18.3. The molecule has 0 aromatic carbocycles. The predicted molar refractivity (Wildman–Crippen MR) is 66.8 cm³/mol. The first-order chi connectivity index (χ1) is 8.17. The molecule has 5 nitrogen and oxygen atoms in total. The Balaban J connectivity index is 2.00. The average Bonchev–Trinajstić information content (AvgIpc) is 2.31. The first-order valence-electron chi connectivity index (χ1n) is 6.10. The van der Waals surface area contributed by atoms with Gasteiger partial charge >= 0.3 is 0 Å². The van der Waals surface area contributed by atoms with Crippen LogP contribution in [0.15, 0.2) is 6.07 Å². The molecule has 0 atom stereocenters. The maximum atomic E-state index is 9.45. The van der Waals surface area contributed by atoms with Crippen LogP contribution in [0.5, 0.6) is 0 Å². The largest absolute Gasteiger partial charge is 0.393 e. The van der Waals surface area contributed by atoms with Gasteiger partial charge in [0.1, 0.15) is 11.6 Å². The Morgan fingerprint density at radius 1 is 1.41 bits per heavy atom. The van der Waals surface area contributed by atoms with E-state index in [0.717, 1.165) is 49.8 Å². The number of anilines is 1. The summed E-state index contributed by atoms with van der Waals surface area (Å²) in [6.45, 7) is 4.59. The SMILES string of the molecule is CNc1cc(C)nc(CN2CCC(O)CC2)n1. The predicted octanol–water partition coefficient (Wildman–Crippen LogP) is 0.783. The Kier molecular flexibility index (Phi) is 3.91. The van der Waals surface area contributed by atoms with Gasteiger partial charge in [-0.2, -0.15) is 0 Å². The first-order valence-corrected chi connectivity index (χ1v) is 6.10. The molecule has 1 saturated heterocycles. The lowest BCUT2D eigenvalue weighted by Crippen LogP contribution is -2.35. The van der Waals surface area contributed by atoms with E-state index in [4.69, 9.17) is 0 Å². The summed E-state index contributed by atoms with van der Waals surface area (Å²) < 4.78 is 0. The zero-order chi connectivity index (χ0) is 12.3. The first kappa shape index (κ1) is 12.3. The van der Waals surface area contributed by atoms with Crippen LogP contribution in [0.2, 0.25) is 0 Å². The zero-order valence-electron chi connectivity index (χ0n) is 10.5. The zero-order valence-corrected chi connectivity index (χ0v) is 10.5. The van der Waals surface area contributed by atoms with Gasteiger partial charge in [0.15, 0.2) is 0 Å². The maximum Gasteiger partial charge on any atom is 0.144 e. The van der Waals surface area contributed by atoms with E-state index in [2.05, 4.69) is 20.2 Å². The Morgan fingerprint density at radius 3 is 2.76 bits per heavy atom. The van der Waals surface area contributed by atoms with Crippen molar-refractivity contribution >= 4 is 5.82 Å². The van der Waals surface area contributed by atoms with Gasteiger partial charge in [-0.05, 0) is 19.8 Å². The lowest BCUT2D eigenvalue weighted by molar-refractivity contribution is 0.0780. The number of aryl methyl sites for hydroxylation is 1. The lowest BCUT2D eigenvalue weighted by Gasteiger charge is -2.28. The van der Waals surface area contributed by atoms with Crippen molar-refractivity contribution in [3.05, 3.63) is 17.6 Å². The molecule has 1 aliphatic rings. The van der Waals surface area contributed by atoms with Gasteiger partial charge in [0.2, 0.25) is 0 Å². The fourth-order valence-corrected chi connectivity index (χ4v) is 2.11. The third-order valence-electron chi connectivity index (χ3n) is 3.08. The van der Waals surface area contributed by atoms with E-state index in [1.165, 1.54) is 0 Å². The molecule has 0 saturated carbocycles. The Hall–Kier alpha value is -1.20. The van der Waals surface area contributed by atoms with Gasteiger partial charge in [0.25, 0.3) is 0 Å². The molecule has 1 aromatic rings. The van der Waals surface area contributed by atoms with E-state index < -0.39 is 0 Å². The number of aromatic nitrogens is 2. The highest BCUT2D eigenvalue weighted by atomic mass is 16.3. The molecular weight excluding hydrogens is 216 g/mol. The topological polar surface area (TPSA) is 61.3 Å². The van der Waals surface area contributed by atoms with Crippen LogP contribution in [-0.2, 0) is 6.54 Å². The number of nitrogens with zero attached hydrogens (tertiary/aromatic N) is 3. The van der Waals surface area contributed by atoms with Crippen LogP contribution in [0.1, 0.15) is 24.4 Å². The molecule has 2 rings (SSSR count). The number of aliphatic hydroxyl groups is 1. The summed E-state index contributed by atoms with van der Waals surface area (Å²) in [6.07, 6.45) is 1.58. The van der Waals surface area contributed by atoms with E-state index in [9.17, 15) is 5.11 Å². The number of aliphatic hydroxyl groups excluding tert-OH is 1. The Bertz CT molecular complexity index is 375. The van der Waals surface area contributed by atoms with Gasteiger partial charge in [-0.3, -0.25) is 4.90 Å². The highest BCUT2D eigenvalue weighted by Crippen LogP contribution is 2.13. The van der Waals surface area contributed by atoms with Crippen molar-refractivity contribution in [2.75, 3.05) is 25.5 Å². The number of hydrogen-bond donors (Lipinski definition) is 2. The van der Waals surface area contributed by atoms with E-state index in [1.807, 2.05) is 20.0 Å². The molecular formula is C12H20N4O. The molecule has 0 unspecified atom stereocenters. The van der Waals surface area contributed by atoms with Crippen LogP contribution in [0.4, 0.5) is 5.82 Å². The highest BCUT2D eigenvalue weighted by Gasteiger charge is 2.17. The molecule has 94 valence electrons. The highest BCUT2D eigenvalue weighted by molar-refractivity contribution is 5.34. The molecule has 0 bridgehead atoms. The summed E-state index contributed by atoms with van der Waals surface area (Å²) in [4.78, 5) is 11.2. The molecule has 0 aliphatic carbocycles. The van der Waals surface area contributed by atoms with Gasteiger partial charge in [0, 0.05) is 31.9 Å². The second kappa shape index (κ2) is 5.42. The van der Waals surface area contributed by atoms with E-state index in [-0.39, 0.29) is 6.10 Å². The molecule has 17 heavy (non-hydrogen) atoms. The van der Waals surface area contributed by atoms with Crippen LogP contribution < -0.4 is 5.32 Å². The summed E-state index contributed by atoms with van der Waals surface area (Å²) in [5, 5.41) is 12.5. The van der Waals surface area contributed by atoms with Crippen LogP contribution in [0, 0.1) is 6.92 Å². The lowest BCUT2D eigenvalue weighted by atomic mass is 10.1. The second-order valence-electron chi connectivity index (χ2n) is 4.57. The average molecular weight is 236 g/mol. The standard InChI is InChI=1S/C12H20N4O/c1-9-7-11(13-2)15-12(14-9)8-16-5-3-10(17)4-6-16/h7,10,17H,3-6,8H2,1-2H3,(H,13,14,15). The Morgan fingerprint density at radius 2 is 2.12 bits per heavy atom. The van der Waals surface area contributed by atoms with Gasteiger partial charge in [-0.15, -0.1) is 0 Å².